The van der Waals surface area contributed by atoms with E-state index in [1.54, 1.807) is 18.2 Å². The first-order chi connectivity index (χ1) is 10.2. The van der Waals surface area contributed by atoms with Crippen LogP contribution in [0.1, 0.15) is 24.0 Å². The molecule has 0 radical (unpaired) electrons. The molecule has 0 aromatic heterocycles. The summed E-state index contributed by atoms with van der Waals surface area (Å²) in [5.41, 5.74) is 0.208. The Hall–Kier alpha value is -2.05. The molecular formula is C15H16F3NO3. The Kier molecular flexibility index (Phi) is 4.17. The van der Waals surface area contributed by atoms with Gasteiger partial charge in [0.25, 0.3) is 0 Å². The Labute approximate surface area is 125 Å². The van der Waals surface area contributed by atoms with Crippen molar-refractivity contribution in [3.8, 4) is 0 Å². The number of hydrogen-bond acceptors (Lipinski definition) is 2. The summed E-state index contributed by atoms with van der Waals surface area (Å²) >= 11 is 0. The highest BCUT2D eigenvalue weighted by atomic mass is 19.4. The second-order valence-electron chi connectivity index (χ2n) is 5.55. The van der Waals surface area contributed by atoms with Crippen LogP contribution in [0, 0.1) is 6.92 Å². The largest absolute Gasteiger partial charge is 0.481 e. The number of alkyl halides is 3. The zero-order valence-corrected chi connectivity index (χ0v) is 12.0. The number of aryl methyl sites for hydroxylation is 1. The van der Waals surface area contributed by atoms with Gasteiger partial charge in [-0.3, -0.25) is 9.59 Å². The zero-order valence-electron chi connectivity index (χ0n) is 12.0. The summed E-state index contributed by atoms with van der Waals surface area (Å²) in [6.45, 7) is 1.37. The summed E-state index contributed by atoms with van der Waals surface area (Å²) in [7, 11) is 0. The van der Waals surface area contributed by atoms with Gasteiger partial charge in [0.2, 0.25) is 0 Å². The smallest absolute Gasteiger partial charge is 0.471 e. The van der Waals surface area contributed by atoms with Gasteiger partial charge in [-0.25, -0.2) is 0 Å². The van der Waals surface area contributed by atoms with Crippen LogP contribution in [0.3, 0.4) is 0 Å². The van der Waals surface area contributed by atoms with Crippen molar-refractivity contribution in [1.29, 1.82) is 0 Å². The van der Waals surface area contributed by atoms with E-state index in [1.165, 1.54) is 0 Å². The first kappa shape index (κ1) is 16.3. The second-order valence-corrected chi connectivity index (χ2v) is 5.55. The molecule has 22 heavy (non-hydrogen) atoms. The highest BCUT2D eigenvalue weighted by molar-refractivity contribution is 5.84. The lowest BCUT2D eigenvalue weighted by Crippen LogP contribution is -2.52. The van der Waals surface area contributed by atoms with E-state index >= 15 is 0 Å². The molecule has 0 spiro atoms. The normalized spacial score (nSPS) is 18.1. The van der Waals surface area contributed by atoms with Crippen molar-refractivity contribution in [3.63, 3.8) is 0 Å². The molecule has 1 aromatic carbocycles. The fourth-order valence-corrected chi connectivity index (χ4v) is 2.84. The van der Waals surface area contributed by atoms with Gasteiger partial charge >= 0.3 is 18.1 Å². The number of halogens is 3. The van der Waals surface area contributed by atoms with Gasteiger partial charge in [0.05, 0.1) is 5.41 Å². The number of amides is 1. The molecule has 0 atom stereocenters. The molecule has 4 nitrogen and oxygen atoms in total. The summed E-state index contributed by atoms with van der Waals surface area (Å²) in [5, 5.41) is 9.59. The third-order valence-electron chi connectivity index (χ3n) is 4.13. The minimum Gasteiger partial charge on any atom is -0.481 e. The average molecular weight is 315 g/mol. The summed E-state index contributed by atoms with van der Waals surface area (Å²) in [4.78, 5) is 23.7. The Morgan fingerprint density at radius 3 is 2.27 bits per heavy atom. The van der Waals surface area contributed by atoms with Gasteiger partial charge in [0.1, 0.15) is 0 Å². The van der Waals surface area contributed by atoms with E-state index in [0.29, 0.717) is 10.5 Å². The first-order valence-corrected chi connectivity index (χ1v) is 6.83. The standard InChI is InChI=1S/C15H16F3NO3/c1-10-3-2-4-11(9-10)14(13(21)22)5-7-19(8-6-14)12(20)15(16,17)18/h2-4,9H,5-8H2,1H3,(H,21,22). The molecule has 1 aromatic rings. The van der Waals surface area contributed by atoms with Gasteiger partial charge < -0.3 is 10.0 Å². The van der Waals surface area contributed by atoms with Crippen LogP contribution in [0.25, 0.3) is 0 Å². The maximum Gasteiger partial charge on any atom is 0.471 e. The van der Waals surface area contributed by atoms with Crippen LogP contribution < -0.4 is 0 Å². The first-order valence-electron chi connectivity index (χ1n) is 6.83. The number of likely N-dealkylation sites (tertiary alicyclic amines) is 1. The van der Waals surface area contributed by atoms with Crippen LogP contribution >= 0.6 is 0 Å². The van der Waals surface area contributed by atoms with Crippen molar-refractivity contribution in [3.05, 3.63) is 35.4 Å². The van der Waals surface area contributed by atoms with Crippen LogP contribution in [-0.2, 0) is 15.0 Å². The predicted octanol–water partition coefficient (Wildman–Crippen LogP) is 2.50. The molecular weight excluding hydrogens is 299 g/mol. The number of hydrogen-bond donors (Lipinski definition) is 1. The summed E-state index contributed by atoms with van der Waals surface area (Å²) in [5.74, 6) is -2.98. The zero-order chi connectivity index (χ0) is 16.5. The van der Waals surface area contributed by atoms with Crippen LogP contribution in [0.4, 0.5) is 13.2 Å². The molecule has 1 saturated heterocycles. The van der Waals surface area contributed by atoms with Crippen LogP contribution in [-0.4, -0.2) is 41.1 Å². The van der Waals surface area contributed by atoms with Crippen LogP contribution in [0.5, 0.6) is 0 Å². The topological polar surface area (TPSA) is 57.6 Å². The second kappa shape index (κ2) is 5.62. The number of rotatable bonds is 2. The molecule has 0 saturated carbocycles. The van der Waals surface area contributed by atoms with E-state index in [1.807, 2.05) is 13.0 Å². The number of carboxylic acids is 1. The highest BCUT2D eigenvalue weighted by Gasteiger charge is 2.48. The number of aliphatic carboxylic acids is 1. The Morgan fingerprint density at radius 1 is 1.23 bits per heavy atom. The summed E-state index contributed by atoms with van der Waals surface area (Å²) < 4.78 is 37.4. The SMILES string of the molecule is Cc1cccc(C2(C(=O)O)CCN(C(=O)C(F)(F)F)CC2)c1. The summed E-state index contributed by atoms with van der Waals surface area (Å²) in [6, 6.07) is 6.95. The Morgan fingerprint density at radius 2 is 1.82 bits per heavy atom. The number of carbonyl (C=O) groups excluding carboxylic acids is 1. The van der Waals surface area contributed by atoms with Crippen LogP contribution in [0.2, 0.25) is 0 Å². The van der Waals surface area contributed by atoms with Crippen molar-refractivity contribution in [2.45, 2.75) is 31.4 Å². The minimum atomic E-state index is -4.92. The maximum absolute atomic E-state index is 12.5. The lowest BCUT2D eigenvalue weighted by Gasteiger charge is -2.39. The maximum atomic E-state index is 12.5. The van der Waals surface area contributed by atoms with Gasteiger partial charge in [-0.05, 0) is 25.3 Å². The van der Waals surface area contributed by atoms with Gasteiger partial charge in [0, 0.05) is 13.1 Å². The highest BCUT2D eigenvalue weighted by Crippen LogP contribution is 2.37. The molecule has 1 heterocycles. The molecule has 0 bridgehead atoms. The van der Waals surface area contributed by atoms with E-state index in [9.17, 15) is 27.9 Å². The number of nitrogens with zero attached hydrogens (tertiary/aromatic N) is 1. The third kappa shape index (κ3) is 2.93. The molecule has 120 valence electrons. The van der Waals surface area contributed by atoms with Gasteiger partial charge in [-0.1, -0.05) is 29.8 Å². The van der Waals surface area contributed by atoms with E-state index in [4.69, 9.17) is 0 Å². The summed E-state index contributed by atoms with van der Waals surface area (Å²) in [6.07, 6.45) is -4.99. The predicted molar refractivity (Wildman–Crippen MR) is 72.4 cm³/mol. The molecule has 7 heteroatoms. The van der Waals surface area contributed by atoms with Crippen LogP contribution in [0.15, 0.2) is 24.3 Å². The lowest BCUT2D eigenvalue weighted by atomic mass is 9.72. The molecule has 2 rings (SSSR count). The average Bonchev–Trinajstić information content (AvgIpc) is 2.45. The Balaban J connectivity index is 2.24. The monoisotopic (exact) mass is 315 g/mol. The fourth-order valence-electron chi connectivity index (χ4n) is 2.84. The van der Waals surface area contributed by atoms with Crippen molar-refractivity contribution in [1.82, 2.24) is 4.90 Å². The molecule has 1 N–H and O–H groups in total. The fraction of sp³-hybridized carbons (Fsp3) is 0.467. The van der Waals surface area contributed by atoms with Gasteiger partial charge in [0.15, 0.2) is 0 Å². The molecule has 0 unspecified atom stereocenters. The van der Waals surface area contributed by atoms with Gasteiger partial charge in [-0.15, -0.1) is 0 Å². The van der Waals surface area contributed by atoms with E-state index in [0.717, 1.165) is 5.56 Å². The van der Waals surface area contributed by atoms with Crippen molar-refractivity contribution in [2.75, 3.05) is 13.1 Å². The Bertz CT molecular complexity index is 590. The van der Waals surface area contributed by atoms with Crippen molar-refractivity contribution >= 4 is 11.9 Å². The quantitative estimate of drug-likeness (QED) is 0.912. The van der Waals surface area contributed by atoms with E-state index < -0.39 is 23.5 Å². The van der Waals surface area contributed by atoms with Gasteiger partial charge in [-0.2, -0.15) is 13.2 Å². The van der Waals surface area contributed by atoms with E-state index in [2.05, 4.69) is 0 Å². The molecule has 1 aliphatic heterocycles. The molecule has 0 aliphatic carbocycles. The van der Waals surface area contributed by atoms with Crippen molar-refractivity contribution in [2.24, 2.45) is 0 Å². The third-order valence-corrected chi connectivity index (χ3v) is 4.13. The molecule has 1 fully saturated rings. The van der Waals surface area contributed by atoms with E-state index in [-0.39, 0.29) is 25.9 Å². The number of piperidine rings is 1. The molecule has 1 aliphatic rings. The lowest BCUT2D eigenvalue weighted by molar-refractivity contribution is -0.187. The number of carboxylic acid groups (broad SMARTS) is 1. The number of benzene rings is 1. The van der Waals surface area contributed by atoms with Crippen molar-refractivity contribution < 1.29 is 27.9 Å². The number of carbonyl (C=O) groups is 2. The minimum absolute atomic E-state index is 0.0341. The molecule has 1 amide bonds.